The molecule has 1 aromatic heterocycles. The lowest BCUT2D eigenvalue weighted by molar-refractivity contribution is 0.609. The number of rotatable bonds is 2. The van der Waals surface area contributed by atoms with Crippen LogP contribution >= 0.6 is 0 Å². The van der Waals surface area contributed by atoms with Crippen molar-refractivity contribution in [1.82, 2.24) is 15.1 Å². The van der Waals surface area contributed by atoms with Crippen LogP contribution in [0, 0.1) is 0 Å². The van der Waals surface area contributed by atoms with Gasteiger partial charge in [-0.25, -0.2) is 0 Å². The second kappa shape index (κ2) is 2.90. The van der Waals surface area contributed by atoms with E-state index in [0.717, 1.165) is 5.69 Å². The Bertz CT molecular complexity index is 204. The van der Waals surface area contributed by atoms with Crippen molar-refractivity contribution in [3.63, 3.8) is 0 Å². The number of hydrogen-bond donors (Lipinski definition) is 0. The highest BCUT2D eigenvalue weighted by molar-refractivity contribution is 4.99. The van der Waals surface area contributed by atoms with E-state index in [-0.39, 0.29) is 0 Å². The van der Waals surface area contributed by atoms with Crippen LogP contribution in [0.1, 0.15) is 25.5 Å². The molecule has 4 nitrogen and oxygen atoms in total. The molecule has 0 saturated carbocycles. The molecule has 0 N–H and O–H groups in total. The first kappa shape index (κ1) is 8.04. The summed E-state index contributed by atoms with van der Waals surface area (Å²) >= 11 is 0. The molecule has 1 rings (SSSR count). The third-order valence-corrected chi connectivity index (χ3v) is 1.50. The Balaban J connectivity index is 2.82. The van der Waals surface area contributed by atoms with E-state index in [1.807, 2.05) is 25.3 Å². The largest absolute Gasteiger partial charge is 0.302 e. The van der Waals surface area contributed by atoms with Crippen molar-refractivity contribution in [3.8, 4) is 0 Å². The Morgan fingerprint density at radius 2 is 2.09 bits per heavy atom. The normalized spacial score (nSPS) is 10.6. The lowest BCUT2D eigenvalue weighted by atomic mass is 10.2. The summed E-state index contributed by atoms with van der Waals surface area (Å²) in [5.41, 5.74) is 1.03. The molecule has 1 heterocycles. The smallest absolute Gasteiger partial charge is 0.0874 e. The third-order valence-electron chi connectivity index (χ3n) is 1.50. The van der Waals surface area contributed by atoms with Gasteiger partial charge in [0.1, 0.15) is 0 Å². The fraction of sp³-hybridized carbons (Fsp3) is 0.714. The summed E-state index contributed by atoms with van der Waals surface area (Å²) in [5, 5.41) is 9.81. The maximum Gasteiger partial charge on any atom is 0.0874 e. The molecule has 0 bridgehead atoms. The van der Waals surface area contributed by atoms with Gasteiger partial charge >= 0.3 is 0 Å². The van der Waals surface area contributed by atoms with Gasteiger partial charge in [-0.15, -0.1) is 5.10 Å². The van der Waals surface area contributed by atoms with Crippen LogP contribution in [0.3, 0.4) is 0 Å². The molecule has 62 valence electrons. The predicted octanol–water partition coefficient (Wildman–Crippen LogP) is 0.599. The molecule has 0 aromatic carbocycles. The Morgan fingerprint density at radius 3 is 2.36 bits per heavy atom. The van der Waals surface area contributed by atoms with Crippen LogP contribution in [0.25, 0.3) is 0 Å². The second-order valence-corrected chi connectivity index (χ2v) is 3.07. The highest BCUT2D eigenvalue weighted by Crippen LogP contribution is 2.08. The highest BCUT2D eigenvalue weighted by Gasteiger charge is 2.04. The molecule has 11 heavy (non-hydrogen) atoms. The third kappa shape index (κ3) is 1.69. The molecule has 0 atom stereocenters. The molecule has 0 aliphatic heterocycles. The first-order valence-corrected chi connectivity index (χ1v) is 3.71. The van der Waals surface area contributed by atoms with Gasteiger partial charge in [-0.2, -0.15) is 4.79 Å². The fourth-order valence-electron chi connectivity index (χ4n) is 0.727. The number of aromatic nitrogens is 3. The van der Waals surface area contributed by atoms with Crippen molar-refractivity contribution in [2.75, 3.05) is 19.1 Å². The van der Waals surface area contributed by atoms with Crippen LogP contribution in [0.15, 0.2) is 6.20 Å². The molecule has 4 heteroatoms. The zero-order valence-electron chi connectivity index (χ0n) is 7.44. The zero-order valence-corrected chi connectivity index (χ0v) is 7.44. The molecule has 0 saturated heterocycles. The molecule has 1 aromatic rings. The van der Waals surface area contributed by atoms with Crippen LogP contribution in [-0.2, 0) is 0 Å². The summed E-state index contributed by atoms with van der Waals surface area (Å²) in [6.07, 6.45) is 1.94. The Labute approximate surface area is 66.8 Å². The minimum absolute atomic E-state index is 0.448. The van der Waals surface area contributed by atoms with E-state index in [4.69, 9.17) is 0 Å². The SMILES string of the molecule is CC(C)c1cn(N(C)C)nn1. The van der Waals surface area contributed by atoms with Crippen molar-refractivity contribution in [3.05, 3.63) is 11.9 Å². The van der Waals surface area contributed by atoms with Crippen molar-refractivity contribution in [1.29, 1.82) is 0 Å². The topological polar surface area (TPSA) is 34.0 Å². The standard InChI is InChI=1S/C7H14N4/c1-6(2)7-5-11(9-8-7)10(3)4/h5-6H,1-4H3. The van der Waals surface area contributed by atoms with Gasteiger partial charge in [0.05, 0.1) is 11.9 Å². The van der Waals surface area contributed by atoms with Crippen molar-refractivity contribution >= 4 is 0 Å². The van der Waals surface area contributed by atoms with Crippen molar-refractivity contribution in [2.45, 2.75) is 19.8 Å². The average molecular weight is 154 g/mol. The quantitative estimate of drug-likeness (QED) is 0.625. The molecule has 0 aliphatic carbocycles. The van der Waals surface area contributed by atoms with E-state index < -0.39 is 0 Å². The molecule has 0 amide bonds. The second-order valence-electron chi connectivity index (χ2n) is 3.07. The summed E-state index contributed by atoms with van der Waals surface area (Å²) < 4.78 is 0. The number of hydrogen-bond acceptors (Lipinski definition) is 3. The van der Waals surface area contributed by atoms with Gasteiger partial charge in [0.15, 0.2) is 0 Å². The molecule has 0 radical (unpaired) electrons. The van der Waals surface area contributed by atoms with Gasteiger partial charge in [0.25, 0.3) is 0 Å². The monoisotopic (exact) mass is 154 g/mol. The van der Waals surface area contributed by atoms with E-state index in [2.05, 4.69) is 24.2 Å². The predicted molar refractivity (Wildman–Crippen MR) is 44.2 cm³/mol. The van der Waals surface area contributed by atoms with Crippen LogP contribution < -0.4 is 5.01 Å². The van der Waals surface area contributed by atoms with E-state index in [1.165, 1.54) is 0 Å². The first-order chi connectivity index (χ1) is 5.11. The minimum atomic E-state index is 0.448. The van der Waals surface area contributed by atoms with Crippen molar-refractivity contribution < 1.29 is 0 Å². The van der Waals surface area contributed by atoms with Crippen LogP contribution in [0.2, 0.25) is 0 Å². The molecular weight excluding hydrogens is 140 g/mol. The average Bonchev–Trinajstić information content (AvgIpc) is 2.33. The molecule has 0 unspecified atom stereocenters. The zero-order chi connectivity index (χ0) is 8.43. The lowest BCUT2D eigenvalue weighted by Gasteiger charge is -2.09. The summed E-state index contributed by atoms with van der Waals surface area (Å²) in [4.78, 5) is 1.72. The van der Waals surface area contributed by atoms with Gasteiger partial charge in [0, 0.05) is 14.1 Å². The maximum atomic E-state index is 4.01. The first-order valence-electron chi connectivity index (χ1n) is 3.71. The van der Waals surface area contributed by atoms with Crippen LogP contribution in [0.5, 0.6) is 0 Å². The fourth-order valence-corrected chi connectivity index (χ4v) is 0.727. The van der Waals surface area contributed by atoms with Gasteiger partial charge in [-0.05, 0) is 11.1 Å². The lowest BCUT2D eigenvalue weighted by Crippen LogP contribution is -2.25. The summed E-state index contributed by atoms with van der Waals surface area (Å²) in [5.74, 6) is 0.448. The van der Waals surface area contributed by atoms with Gasteiger partial charge in [-0.3, -0.25) is 0 Å². The molecular formula is C7H14N4. The van der Waals surface area contributed by atoms with Crippen molar-refractivity contribution in [2.24, 2.45) is 0 Å². The van der Waals surface area contributed by atoms with Gasteiger partial charge < -0.3 is 5.01 Å². The molecule has 0 aliphatic rings. The van der Waals surface area contributed by atoms with E-state index in [9.17, 15) is 0 Å². The Hall–Kier alpha value is -1.06. The van der Waals surface area contributed by atoms with E-state index in [1.54, 1.807) is 4.79 Å². The summed E-state index contributed by atoms with van der Waals surface area (Å²) in [6.45, 7) is 4.20. The van der Waals surface area contributed by atoms with Gasteiger partial charge in [0.2, 0.25) is 0 Å². The highest BCUT2D eigenvalue weighted by atomic mass is 15.7. The summed E-state index contributed by atoms with van der Waals surface area (Å²) in [6, 6.07) is 0. The summed E-state index contributed by atoms with van der Waals surface area (Å²) in [7, 11) is 3.86. The Morgan fingerprint density at radius 1 is 1.45 bits per heavy atom. The van der Waals surface area contributed by atoms with E-state index >= 15 is 0 Å². The molecule has 0 fully saturated rings. The Kier molecular flexibility index (Phi) is 2.12. The van der Waals surface area contributed by atoms with Crippen LogP contribution in [0.4, 0.5) is 0 Å². The van der Waals surface area contributed by atoms with E-state index in [0.29, 0.717) is 5.92 Å². The maximum absolute atomic E-state index is 4.01. The number of nitrogens with zero attached hydrogens (tertiary/aromatic N) is 4. The van der Waals surface area contributed by atoms with Gasteiger partial charge in [-0.1, -0.05) is 13.8 Å². The molecule has 0 spiro atoms. The minimum Gasteiger partial charge on any atom is -0.302 e. The van der Waals surface area contributed by atoms with Crippen LogP contribution in [-0.4, -0.2) is 29.2 Å².